The first-order valence-electron chi connectivity index (χ1n) is 9.57. The van der Waals surface area contributed by atoms with Crippen LogP contribution in [0.15, 0.2) is 11.3 Å². The molecule has 4 aliphatic carbocycles. The molecule has 4 aliphatic rings. The third-order valence-electron chi connectivity index (χ3n) is 8.11. The van der Waals surface area contributed by atoms with Gasteiger partial charge < -0.3 is 5.11 Å². The van der Waals surface area contributed by atoms with Gasteiger partial charge in [0.05, 0.1) is 0 Å². The Hall–Kier alpha value is -1.45. The number of aliphatic hydroxyl groups is 1. The smallest absolute Gasteiger partial charge is 0.203 e. The van der Waals surface area contributed by atoms with Gasteiger partial charge in [-0.25, -0.2) is 0 Å². The predicted octanol–water partition coefficient (Wildman–Crippen LogP) is 3.79. The van der Waals surface area contributed by atoms with Crippen LogP contribution >= 0.6 is 0 Å². The molecule has 4 heteroatoms. The summed E-state index contributed by atoms with van der Waals surface area (Å²) in [5, 5.41) is 10.6. The van der Waals surface area contributed by atoms with Crippen molar-refractivity contribution in [1.29, 1.82) is 0 Å². The Morgan fingerprint density at radius 3 is 2.28 bits per heavy atom. The maximum Gasteiger partial charge on any atom is 0.203 e. The van der Waals surface area contributed by atoms with Gasteiger partial charge in [0, 0.05) is 34.7 Å². The Kier molecular flexibility index (Phi) is 3.28. The third kappa shape index (κ3) is 1.97. The monoisotopic (exact) mass is 344 g/mol. The largest absolute Gasteiger partial charge is 0.504 e. The summed E-state index contributed by atoms with van der Waals surface area (Å²) in [7, 11) is 0. The second-order valence-electron chi connectivity index (χ2n) is 9.95. The van der Waals surface area contributed by atoms with Gasteiger partial charge in [-0.15, -0.1) is 0 Å². The van der Waals surface area contributed by atoms with Crippen LogP contribution < -0.4 is 0 Å². The van der Waals surface area contributed by atoms with Crippen LogP contribution in [0.1, 0.15) is 66.2 Å². The minimum absolute atomic E-state index is 0.0753. The molecule has 5 atom stereocenters. The zero-order valence-electron chi connectivity index (χ0n) is 15.6. The lowest BCUT2D eigenvalue weighted by Gasteiger charge is -2.57. The average Bonchev–Trinajstić information content (AvgIpc) is 2.80. The van der Waals surface area contributed by atoms with Crippen molar-refractivity contribution in [2.24, 2.45) is 34.0 Å². The molecule has 0 aliphatic heterocycles. The number of hydrogen-bond acceptors (Lipinski definition) is 4. The van der Waals surface area contributed by atoms with Crippen LogP contribution in [-0.4, -0.2) is 22.5 Å². The molecule has 0 radical (unpaired) electrons. The highest BCUT2D eigenvalue weighted by molar-refractivity contribution is 6.09. The van der Waals surface area contributed by atoms with Gasteiger partial charge in [0.1, 0.15) is 5.78 Å². The zero-order chi connectivity index (χ0) is 18.4. The normalized spacial score (nSPS) is 45.9. The van der Waals surface area contributed by atoms with Gasteiger partial charge >= 0.3 is 0 Å². The summed E-state index contributed by atoms with van der Waals surface area (Å²) in [6.45, 7) is 7.90. The minimum atomic E-state index is -0.656. The fourth-order valence-electron chi connectivity index (χ4n) is 7.01. The standard InChI is InChI=1S/C21H28O4/c1-19(2)10-21(4)13-7-8-20(3)12(5-6-15(20)23)11(13)9-14(22)16(21)17(24)18(19)25/h11-13,24H,5-10H2,1-4H3/t11-,12-,13-,20-,21+/m0/s1. The Labute approximate surface area is 149 Å². The van der Waals surface area contributed by atoms with Gasteiger partial charge in [-0.05, 0) is 43.4 Å². The van der Waals surface area contributed by atoms with Crippen molar-refractivity contribution < 1.29 is 19.5 Å². The molecule has 0 bridgehead atoms. The van der Waals surface area contributed by atoms with E-state index in [0.717, 1.165) is 19.3 Å². The second-order valence-corrected chi connectivity index (χ2v) is 9.95. The maximum absolute atomic E-state index is 13.0. The summed E-state index contributed by atoms with van der Waals surface area (Å²) in [6.07, 6.45) is 4.25. The van der Waals surface area contributed by atoms with Gasteiger partial charge in [-0.3, -0.25) is 14.4 Å². The van der Waals surface area contributed by atoms with Gasteiger partial charge in [0.15, 0.2) is 11.5 Å². The van der Waals surface area contributed by atoms with Crippen LogP contribution in [0.25, 0.3) is 0 Å². The first kappa shape index (κ1) is 17.0. The fourth-order valence-corrected chi connectivity index (χ4v) is 7.01. The van der Waals surface area contributed by atoms with Crippen LogP contribution in [0.2, 0.25) is 0 Å². The molecule has 0 aromatic rings. The highest BCUT2D eigenvalue weighted by atomic mass is 16.3. The van der Waals surface area contributed by atoms with E-state index >= 15 is 0 Å². The number of carbonyl (C=O) groups is 3. The molecular weight excluding hydrogens is 316 g/mol. The number of allylic oxidation sites excluding steroid dienone is 1. The quantitative estimate of drug-likeness (QED) is 0.726. The van der Waals surface area contributed by atoms with Gasteiger partial charge in [0.2, 0.25) is 5.78 Å². The number of aliphatic hydroxyl groups excluding tert-OH is 1. The van der Waals surface area contributed by atoms with E-state index < -0.39 is 10.8 Å². The van der Waals surface area contributed by atoms with Crippen molar-refractivity contribution in [2.75, 3.05) is 0 Å². The minimum Gasteiger partial charge on any atom is -0.504 e. The van der Waals surface area contributed by atoms with Crippen LogP contribution in [0.5, 0.6) is 0 Å². The lowest BCUT2D eigenvalue weighted by molar-refractivity contribution is -0.143. The summed E-state index contributed by atoms with van der Waals surface area (Å²) in [6, 6.07) is 0. The van der Waals surface area contributed by atoms with Crippen molar-refractivity contribution in [3.05, 3.63) is 11.3 Å². The molecular formula is C21H28O4. The summed E-state index contributed by atoms with van der Waals surface area (Å²) >= 11 is 0. The zero-order valence-corrected chi connectivity index (χ0v) is 15.6. The van der Waals surface area contributed by atoms with Crippen molar-refractivity contribution in [1.82, 2.24) is 0 Å². The highest BCUT2D eigenvalue weighted by Gasteiger charge is 2.63. The van der Waals surface area contributed by atoms with Crippen molar-refractivity contribution in [2.45, 2.75) is 66.2 Å². The number of fused-ring (bicyclic) bond motifs is 5. The van der Waals surface area contributed by atoms with Crippen molar-refractivity contribution in [3.8, 4) is 0 Å². The Morgan fingerprint density at radius 1 is 0.960 bits per heavy atom. The highest BCUT2D eigenvalue weighted by Crippen LogP contribution is 2.65. The van der Waals surface area contributed by atoms with E-state index in [2.05, 4.69) is 13.8 Å². The van der Waals surface area contributed by atoms with Gasteiger partial charge in [-0.2, -0.15) is 0 Å². The van der Waals surface area contributed by atoms with E-state index in [9.17, 15) is 19.5 Å². The molecule has 0 heterocycles. The molecule has 1 N–H and O–H groups in total. The third-order valence-corrected chi connectivity index (χ3v) is 8.11. The fraction of sp³-hybridized carbons (Fsp3) is 0.762. The van der Waals surface area contributed by atoms with E-state index in [1.54, 1.807) is 0 Å². The Bertz CT molecular complexity index is 730. The topological polar surface area (TPSA) is 71.4 Å². The SMILES string of the molecule is CC1(C)C[C@@]2(C)C(=C(O)C1=O)C(=O)C[C@@H]1[C@@H]2CC[C@]2(C)C(=O)CC[C@@H]12. The summed E-state index contributed by atoms with van der Waals surface area (Å²) < 4.78 is 0. The molecule has 136 valence electrons. The molecule has 0 aromatic carbocycles. The molecule has 4 nitrogen and oxygen atoms in total. The first-order valence-corrected chi connectivity index (χ1v) is 9.57. The summed E-state index contributed by atoms with van der Waals surface area (Å²) in [5.74, 6) is 0.415. The number of hydrogen-bond donors (Lipinski definition) is 1. The average molecular weight is 344 g/mol. The molecule has 0 spiro atoms. The molecule has 0 aromatic heterocycles. The molecule has 3 saturated carbocycles. The molecule has 0 unspecified atom stereocenters. The van der Waals surface area contributed by atoms with Gasteiger partial charge in [-0.1, -0.05) is 27.7 Å². The Balaban J connectivity index is 1.83. The lowest BCUT2D eigenvalue weighted by Crippen LogP contribution is -2.56. The van der Waals surface area contributed by atoms with Crippen LogP contribution in [0.4, 0.5) is 0 Å². The molecule has 4 rings (SSSR count). The lowest BCUT2D eigenvalue weighted by atomic mass is 9.45. The molecule has 25 heavy (non-hydrogen) atoms. The van der Waals surface area contributed by atoms with Crippen LogP contribution in [0.3, 0.4) is 0 Å². The predicted molar refractivity (Wildman–Crippen MR) is 92.8 cm³/mol. The number of ketones is 3. The van der Waals surface area contributed by atoms with Crippen molar-refractivity contribution >= 4 is 17.3 Å². The Morgan fingerprint density at radius 2 is 1.60 bits per heavy atom. The van der Waals surface area contributed by atoms with Crippen LogP contribution in [0, 0.1) is 34.0 Å². The maximum atomic E-state index is 13.0. The summed E-state index contributed by atoms with van der Waals surface area (Å²) in [5.41, 5.74) is -1.02. The molecule has 0 saturated heterocycles. The van der Waals surface area contributed by atoms with E-state index in [1.807, 2.05) is 13.8 Å². The van der Waals surface area contributed by atoms with E-state index in [4.69, 9.17) is 0 Å². The van der Waals surface area contributed by atoms with E-state index in [1.165, 1.54) is 0 Å². The first-order chi connectivity index (χ1) is 11.5. The van der Waals surface area contributed by atoms with Gasteiger partial charge in [0.25, 0.3) is 0 Å². The number of rotatable bonds is 0. The van der Waals surface area contributed by atoms with E-state index in [-0.39, 0.29) is 40.5 Å². The van der Waals surface area contributed by atoms with E-state index in [0.29, 0.717) is 30.6 Å². The van der Waals surface area contributed by atoms with Crippen molar-refractivity contribution in [3.63, 3.8) is 0 Å². The second kappa shape index (κ2) is 4.83. The summed E-state index contributed by atoms with van der Waals surface area (Å²) in [4.78, 5) is 38.0. The molecule has 3 fully saturated rings. The number of carbonyl (C=O) groups excluding carboxylic acids is 3. The molecule has 0 amide bonds. The van der Waals surface area contributed by atoms with Crippen LogP contribution in [-0.2, 0) is 14.4 Å². The number of Topliss-reactive ketones (excluding diaryl/α,β-unsaturated/α-hetero) is 3.